The highest BCUT2D eigenvalue weighted by Crippen LogP contribution is 2.30. The highest BCUT2D eigenvalue weighted by Gasteiger charge is 2.09. The Morgan fingerprint density at radius 3 is 2.52 bits per heavy atom. The van der Waals surface area contributed by atoms with Gasteiger partial charge in [-0.05, 0) is 25.0 Å². The molecule has 0 spiro atoms. The maximum atomic E-state index is 5.37. The molecule has 0 aliphatic heterocycles. The Labute approximate surface area is 137 Å². The molecule has 1 heterocycles. The molecular weight excluding hydrogens is 292 g/mol. The first-order chi connectivity index (χ1) is 11.0. The minimum absolute atomic E-state index is 0.516. The number of anilines is 3. The predicted octanol–water partition coefficient (Wildman–Crippen LogP) is 3.61. The Morgan fingerprint density at radius 2 is 1.87 bits per heavy atom. The van der Waals surface area contributed by atoms with E-state index in [1.165, 1.54) is 0 Å². The lowest BCUT2D eigenvalue weighted by Crippen LogP contribution is -2.11. The third-order valence-electron chi connectivity index (χ3n) is 3.20. The molecule has 0 saturated carbocycles. The van der Waals surface area contributed by atoms with Crippen LogP contribution in [0.1, 0.15) is 19.5 Å². The van der Waals surface area contributed by atoms with Crippen molar-refractivity contribution in [3.8, 4) is 11.5 Å². The molecule has 6 heteroatoms. The summed E-state index contributed by atoms with van der Waals surface area (Å²) in [6, 6.07) is 7.47. The maximum absolute atomic E-state index is 5.37. The molecule has 2 rings (SSSR count). The van der Waals surface area contributed by atoms with Gasteiger partial charge >= 0.3 is 0 Å². The summed E-state index contributed by atoms with van der Waals surface area (Å²) < 4.78 is 10.6. The molecule has 0 bridgehead atoms. The largest absolute Gasteiger partial charge is 0.497 e. The number of aromatic nitrogens is 2. The van der Waals surface area contributed by atoms with Crippen LogP contribution in [0.2, 0.25) is 0 Å². The SMILES string of the molecule is COc1ccc(OC)c(Nc2nc(C)cc(NCC(C)C)n2)c1. The fourth-order valence-corrected chi connectivity index (χ4v) is 2.06. The van der Waals surface area contributed by atoms with E-state index in [0.29, 0.717) is 17.6 Å². The molecule has 23 heavy (non-hydrogen) atoms. The normalized spacial score (nSPS) is 10.5. The van der Waals surface area contributed by atoms with Crippen molar-refractivity contribution >= 4 is 17.5 Å². The van der Waals surface area contributed by atoms with Crippen LogP contribution in [0.4, 0.5) is 17.5 Å². The van der Waals surface area contributed by atoms with E-state index in [9.17, 15) is 0 Å². The number of nitrogens with one attached hydrogen (secondary N) is 2. The van der Waals surface area contributed by atoms with Crippen LogP contribution in [-0.2, 0) is 0 Å². The second kappa shape index (κ2) is 7.67. The molecule has 0 saturated heterocycles. The van der Waals surface area contributed by atoms with Gasteiger partial charge in [-0.1, -0.05) is 13.8 Å². The number of ether oxygens (including phenoxy) is 2. The molecule has 0 amide bonds. The van der Waals surface area contributed by atoms with Gasteiger partial charge in [0.1, 0.15) is 17.3 Å². The van der Waals surface area contributed by atoms with Crippen LogP contribution < -0.4 is 20.1 Å². The summed E-state index contributed by atoms with van der Waals surface area (Å²) in [5.41, 5.74) is 1.64. The molecule has 1 aromatic heterocycles. The smallest absolute Gasteiger partial charge is 0.229 e. The number of benzene rings is 1. The summed E-state index contributed by atoms with van der Waals surface area (Å²) >= 11 is 0. The summed E-state index contributed by atoms with van der Waals surface area (Å²) in [6.45, 7) is 7.11. The van der Waals surface area contributed by atoms with Gasteiger partial charge in [-0.15, -0.1) is 0 Å². The molecule has 1 aromatic carbocycles. The summed E-state index contributed by atoms with van der Waals surface area (Å²) in [5, 5.41) is 6.52. The van der Waals surface area contributed by atoms with E-state index >= 15 is 0 Å². The first kappa shape index (κ1) is 16.9. The average molecular weight is 316 g/mol. The monoisotopic (exact) mass is 316 g/mol. The van der Waals surface area contributed by atoms with Gasteiger partial charge in [0.2, 0.25) is 5.95 Å². The van der Waals surface area contributed by atoms with Crippen LogP contribution in [-0.4, -0.2) is 30.7 Å². The number of nitrogens with zero attached hydrogens (tertiary/aromatic N) is 2. The van der Waals surface area contributed by atoms with Gasteiger partial charge < -0.3 is 20.1 Å². The zero-order valence-electron chi connectivity index (χ0n) is 14.3. The number of methoxy groups -OCH3 is 2. The van der Waals surface area contributed by atoms with E-state index in [-0.39, 0.29) is 0 Å². The Bertz CT molecular complexity index is 659. The van der Waals surface area contributed by atoms with Crippen molar-refractivity contribution in [2.75, 3.05) is 31.4 Å². The van der Waals surface area contributed by atoms with Crippen LogP contribution >= 0.6 is 0 Å². The topological polar surface area (TPSA) is 68.3 Å². The minimum atomic E-state index is 0.516. The van der Waals surface area contributed by atoms with Crippen molar-refractivity contribution in [3.63, 3.8) is 0 Å². The lowest BCUT2D eigenvalue weighted by Gasteiger charge is -2.14. The van der Waals surface area contributed by atoms with Gasteiger partial charge in [0.25, 0.3) is 0 Å². The van der Waals surface area contributed by atoms with Crippen molar-refractivity contribution in [2.45, 2.75) is 20.8 Å². The number of hydrogen-bond acceptors (Lipinski definition) is 6. The third kappa shape index (κ3) is 4.74. The number of aryl methyl sites for hydroxylation is 1. The molecule has 0 unspecified atom stereocenters. The van der Waals surface area contributed by atoms with Crippen molar-refractivity contribution in [2.24, 2.45) is 5.92 Å². The summed E-state index contributed by atoms with van der Waals surface area (Å²) in [5.74, 6) is 3.30. The van der Waals surface area contributed by atoms with Gasteiger partial charge in [0.15, 0.2) is 0 Å². The molecule has 2 N–H and O–H groups in total. The zero-order valence-corrected chi connectivity index (χ0v) is 14.3. The van der Waals surface area contributed by atoms with E-state index in [4.69, 9.17) is 9.47 Å². The van der Waals surface area contributed by atoms with Crippen LogP contribution in [0.15, 0.2) is 24.3 Å². The Kier molecular flexibility index (Phi) is 5.62. The summed E-state index contributed by atoms with van der Waals surface area (Å²) in [7, 11) is 3.25. The summed E-state index contributed by atoms with van der Waals surface area (Å²) in [4.78, 5) is 8.93. The van der Waals surface area contributed by atoms with E-state index in [1.54, 1.807) is 14.2 Å². The minimum Gasteiger partial charge on any atom is -0.497 e. The lowest BCUT2D eigenvalue weighted by molar-refractivity contribution is 0.405. The Hall–Kier alpha value is -2.50. The fourth-order valence-electron chi connectivity index (χ4n) is 2.06. The highest BCUT2D eigenvalue weighted by atomic mass is 16.5. The number of hydrogen-bond donors (Lipinski definition) is 2. The quantitative estimate of drug-likeness (QED) is 0.813. The fraction of sp³-hybridized carbons (Fsp3) is 0.412. The molecular formula is C17H24N4O2. The van der Waals surface area contributed by atoms with Gasteiger partial charge in [-0.25, -0.2) is 4.98 Å². The number of rotatable bonds is 7. The molecule has 6 nitrogen and oxygen atoms in total. The lowest BCUT2D eigenvalue weighted by atomic mass is 10.2. The average Bonchev–Trinajstić information content (AvgIpc) is 2.52. The Balaban J connectivity index is 2.25. The van der Waals surface area contributed by atoms with E-state index in [1.807, 2.05) is 31.2 Å². The van der Waals surface area contributed by atoms with Gasteiger partial charge in [-0.2, -0.15) is 4.98 Å². The van der Waals surface area contributed by atoms with E-state index in [0.717, 1.165) is 29.5 Å². The van der Waals surface area contributed by atoms with Crippen molar-refractivity contribution < 1.29 is 9.47 Å². The molecule has 2 aromatic rings. The maximum Gasteiger partial charge on any atom is 0.229 e. The standard InChI is InChI=1S/C17H24N4O2/c1-11(2)10-18-16-8-12(3)19-17(21-16)20-14-9-13(22-4)6-7-15(14)23-5/h6-9,11H,10H2,1-5H3,(H2,18,19,20,21). The molecule has 0 radical (unpaired) electrons. The van der Waals surface area contributed by atoms with E-state index < -0.39 is 0 Å². The predicted molar refractivity (Wildman–Crippen MR) is 92.9 cm³/mol. The first-order valence-corrected chi connectivity index (χ1v) is 7.60. The van der Waals surface area contributed by atoms with Crippen molar-refractivity contribution in [1.29, 1.82) is 0 Å². The van der Waals surface area contributed by atoms with Gasteiger partial charge in [0.05, 0.1) is 19.9 Å². The molecule has 0 atom stereocenters. The second-order valence-corrected chi connectivity index (χ2v) is 5.68. The highest BCUT2D eigenvalue weighted by molar-refractivity contribution is 5.65. The van der Waals surface area contributed by atoms with Crippen molar-refractivity contribution in [3.05, 3.63) is 30.0 Å². The van der Waals surface area contributed by atoms with Crippen LogP contribution in [0, 0.1) is 12.8 Å². The second-order valence-electron chi connectivity index (χ2n) is 5.68. The first-order valence-electron chi connectivity index (χ1n) is 7.60. The van der Waals surface area contributed by atoms with Crippen LogP contribution in [0.25, 0.3) is 0 Å². The molecule has 0 aliphatic rings. The zero-order chi connectivity index (χ0) is 16.8. The molecule has 0 aliphatic carbocycles. The Morgan fingerprint density at radius 1 is 1.09 bits per heavy atom. The summed E-state index contributed by atoms with van der Waals surface area (Å²) in [6.07, 6.45) is 0. The third-order valence-corrected chi connectivity index (χ3v) is 3.20. The van der Waals surface area contributed by atoms with E-state index in [2.05, 4.69) is 34.4 Å². The van der Waals surface area contributed by atoms with Gasteiger partial charge in [0, 0.05) is 24.4 Å². The molecule has 0 fully saturated rings. The van der Waals surface area contributed by atoms with Crippen LogP contribution in [0.5, 0.6) is 11.5 Å². The molecule has 124 valence electrons. The van der Waals surface area contributed by atoms with Gasteiger partial charge in [-0.3, -0.25) is 0 Å². The van der Waals surface area contributed by atoms with Crippen molar-refractivity contribution in [1.82, 2.24) is 9.97 Å². The van der Waals surface area contributed by atoms with Crippen LogP contribution in [0.3, 0.4) is 0 Å².